The van der Waals surface area contributed by atoms with Crippen LogP contribution in [-0.4, -0.2) is 5.91 Å². The van der Waals surface area contributed by atoms with Crippen molar-refractivity contribution < 1.29 is 13.6 Å². The first-order chi connectivity index (χ1) is 8.08. The van der Waals surface area contributed by atoms with Crippen molar-refractivity contribution in [1.29, 1.82) is 0 Å². The Morgan fingerprint density at radius 1 is 1.24 bits per heavy atom. The summed E-state index contributed by atoms with van der Waals surface area (Å²) in [6.07, 6.45) is 0. The van der Waals surface area contributed by atoms with E-state index in [2.05, 4.69) is 5.32 Å². The Labute approximate surface area is 101 Å². The summed E-state index contributed by atoms with van der Waals surface area (Å²) in [4.78, 5) is 12.7. The molecule has 2 aromatic rings. The normalized spacial score (nSPS) is 10.3. The molecular weight excluding hydrogens is 244 g/mol. The van der Waals surface area contributed by atoms with Crippen molar-refractivity contribution in [3.63, 3.8) is 0 Å². The number of nitrogens with one attached hydrogen (secondary N) is 1. The van der Waals surface area contributed by atoms with Crippen LogP contribution in [0.15, 0.2) is 29.6 Å². The average molecular weight is 253 g/mol. The largest absolute Gasteiger partial charge is 0.322 e. The summed E-state index contributed by atoms with van der Waals surface area (Å²) in [6.45, 7) is 1.82. The van der Waals surface area contributed by atoms with Gasteiger partial charge in [0, 0.05) is 16.6 Å². The van der Waals surface area contributed by atoms with E-state index in [1.807, 2.05) is 6.92 Å². The van der Waals surface area contributed by atoms with E-state index in [1.165, 1.54) is 17.4 Å². The summed E-state index contributed by atoms with van der Waals surface area (Å²) in [5, 5.41) is 4.32. The second-order valence-corrected chi connectivity index (χ2v) is 4.59. The SMILES string of the molecule is Cc1sccc1C(=O)Nc1ccc(F)c(F)c1. The van der Waals surface area contributed by atoms with Gasteiger partial charge >= 0.3 is 0 Å². The molecule has 88 valence electrons. The molecule has 0 radical (unpaired) electrons. The van der Waals surface area contributed by atoms with Gasteiger partial charge in [0.05, 0.1) is 5.56 Å². The number of halogens is 2. The maximum Gasteiger partial charge on any atom is 0.256 e. The maximum absolute atomic E-state index is 12.9. The van der Waals surface area contributed by atoms with Crippen molar-refractivity contribution in [2.24, 2.45) is 0 Å². The van der Waals surface area contributed by atoms with Crippen molar-refractivity contribution in [3.8, 4) is 0 Å². The quantitative estimate of drug-likeness (QED) is 0.870. The van der Waals surface area contributed by atoms with Crippen molar-refractivity contribution in [2.75, 3.05) is 5.32 Å². The van der Waals surface area contributed by atoms with Gasteiger partial charge in [-0.25, -0.2) is 8.78 Å². The van der Waals surface area contributed by atoms with Crippen LogP contribution < -0.4 is 5.32 Å². The van der Waals surface area contributed by atoms with E-state index in [1.54, 1.807) is 11.4 Å². The van der Waals surface area contributed by atoms with Crippen LogP contribution in [0.4, 0.5) is 14.5 Å². The molecular formula is C12H9F2NOS. The number of anilines is 1. The molecule has 0 aliphatic rings. The molecule has 0 aliphatic heterocycles. The topological polar surface area (TPSA) is 29.1 Å². The van der Waals surface area contributed by atoms with Gasteiger partial charge in [0.15, 0.2) is 11.6 Å². The van der Waals surface area contributed by atoms with E-state index in [-0.39, 0.29) is 11.6 Å². The van der Waals surface area contributed by atoms with E-state index in [0.29, 0.717) is 5.56 Å². The molecule has 2 rings (SSSR count). The number of thiophene rings is 1. The number of benzene rings is 1. The second kappa shape index (κ2) is 4.63. The molecule has 1 aromatic carbocycles. The first-order valence-electron chi connectivity index (χ1n) is 4.88. The molecule has 0 aliphatic carbocycles. The van der Waals surface area contributed by atoms with E-state index in [0.717, 1.165) is 17.0 Å². The van der Waals surface area contributed by atoms with Crippen LogP contribution in [0.1, 0.15) is 15.2 Å². The van der Waals surface area contributed by atoms with Crippen LogP contribution in [0.5, 0.6) is 0 Å². The lowest BCUT2D eigenvalue weighted by Gasteiger charge is -2.05. The summed E-state index contributed by atoms with van der Waals surface area (Å²) in [7, 11) is 0. The number of aryl methyl sites for hydroxylation is 1. The third kappa shape index (κ3) is 2.50. The first-order valence-corrected chi connectivity index (χ1v) is 5.76. The van der Waals surface area contributed by atoms with Crippen molar-refractivity contribution in [3.05, 3.63) is 51.7 Å². The highest BCUT2D eigenvalue weighted by Crippen LogP contribution is 2.18. The van der Waals surface area contributed by atoms with E-state index in [9.17, 15) is 13.6 Å². The van der Waals surface area contributed by atoms with Gasteiger partial charge in [0.1, 0.15) is 0 Å². The minimum atomic E-state index is -0.982. The van der Waals surface area contributed by atoms with Gasteiger partial charge in [-0.05, 0) is 30.5 Å². The number of hydrogen-bond acceptors (Lipinski definition) is 2. The van der Waals surface area contributed by atoms with Crippen LogP contribution in [0.3, 0.4) is 0 Å². The summed E-state index contributed by atoms with van der Waals surface area (Å²) in [6, 6.07) is 4.94. The van der Waals surface area contributed by atoms with Gasteiger partial charge in [-0.15, -0.1) is 11.3 Å². The second-order valence-electron chi connectivity index (χ2n) is 3.47. The van der Waals surface area contributed by atoms with Gasteiger partial charge in [0.25, 0.3) is 5.91 Å². The minimum absolute atomic E-state index is 0.236. The Bertz CT molecular complexity index is 565. The molecule has 0 spiro atoms. The lowest BCUT2D eigenvalue weighted by atomic mass is 10.2. The Hall–Kier alpha value is -1.75. The molecule has 0 atom stereocenters. The molecule has 1 amide bonds. The van der Waals surface area contributed by atoms with Crippen LogP contribution in [0.2, 0.25) is 0 Å². The summed E-state index contributed by atoms with van der Waals surface area (Å²) in [5.41, 5.74) is 0.777. The fraction of sp³-hybridized carbons (Fsp3) is 0.0833. The highest BCUT2D eigenvalue weighted by molar-refractivity contribution is 7.10. The number of carbonyl (C=O) groups is 1. The van der Waals surface area contributed by atoms with Gasteiger partial charge < -0.3 is 5.32 Å². The number of hydrogen-bond donors (Lipinski definition) is 1. The molecule has 0 unspecified atom stereocenters. The van der Waals surface area contributed by atoms with Crippen molar-refractivity contribution >= 4 is 22.9 Å². The van der Waals surface area contributed by atoms with Crippen molar-refractivity contribution in [1.82, 2.24) is 0 Å². The first kappa shape index (κ1) is 11.7. The molecule has 0 saturated carbocycles. The molecule has 1 heterocycles. The van der Waals surface area contributed by atoms with Crippen LogP contribution >= 0.6 is 11.3 Å². The Morgan fingerprint density at radius 3 is 2.59 bits per heavy atom. The monoisotopic (exact) mass is 253 g/mol. The molecule has 0 fully saturated rings. The zero-order valence-electron chi connectivity index (χ0n) is 8.96. The van der Waals surface area contributed by atoms with E-state index < -0.39 is 11.6 Å². The van der Waals surface area contributed by atoms with Gasteiger partial charge in [-0.1, -0.05) is 0 Å². The fourth-order valence-electron chi connectivity index (χ4n) is 1.39. The van der Waals surface area contributed by atoms with Crippen LogP contribution in [-0.2, 0) is 0 Å². The van der Waals surface area contributed by atoms with Gasteiger partial charge in [-0.2, -0.15) is 0 Å². The minimum Gasteiger partial charge on any atom is -0.322 e. The predicted molar refractivity (Wildman–Crippen MR) is 63.4 cm³/mol. The molecule has 0 bridgehead atoms. The third-order valence-corrected chi connectivity index (χ3v) is 3.13. The summed E-state index contributed by atoms with van der Waals surface area (Å²) >= 11 is 1.45. The smallest absolute Gasteiger partial charge is 0.256 e. The standard InChI is InChI=1S/C12H9F2NOS/c1-7-9(4-5-17-7)12(16)15-8-2-3-10(13)11(14)6-8/h2-6H,1H3,(H,15,16). The zero-order chi connectivity index (χ0) is 12.4. The Kier molecular flexibility index (Phi) is 3.19. The number of carbonyl (C=O) groups excluding carboxylic acids is 1. The van der Waals surface area contributed by atoms with E-state index >= 15 is 0 Å². The zero-order valence-corrected chi connectivity index (χ0v) is 9.78. The average Bonchev–Trinajstić information content (AvgIpc) is 2.70. The third-order valence-electron chi connectivity index (χ3n) is 2.28. The molecule has 1 N–H and O–H groups in total. The van der Waals surface area contributed by atoms with E-state index in [4.69, 9.17) is 0 Å². The molecule has 2 nitrogen and oxygen atoms in total. The van der Waals surface area contributed by atoms with Crippen LogP contribution in [0.25, 0.3) is 0 Å². The Balaban J connectivity index is 2.19. The van der Waals surface area contributed by atoms with Crippen molar-refractivity contribution in [2.45, 2.75) is 6.92 Å². The molecule has 0 saturated heterocycles. The highest BCUT2D eigenvalue weighted by Gasteiger charge is 2.11. The van der Waals surface area contributed by atoms with Gasteiger partial charge in [-0.3, -0.25) is 4.79 Å². The maximum atomic E-state index is 12.9. The van der Waals surface area contributed by atoms with Crippen LogP contribution in [0, 0.1) is 18.6 Å². The van der Waals surface area contributed by atoms with Gasteiger partial charge in [0.2, 0.25) is 0 Å². The number of amides is 1. The highest BCUT2D eigenvalue weighted by atomic mass is 32.1. The molecule has 17 heavy (non-hydrogen) atoms. The fourth-order valence-corrected chi connectivity index (χ4v) is 2.09. The summed E-state index contributed by atoms with van der Waals surface area (Å²) < 4.78 is 25.6. The number of rotatable bonds is 2. The lowest BCUT2D eigenvalue weighted by molar-refractivity contribution is 0.102. The predicted octanol–water partition coefficient (Wildman–Crippen LogP) is 3.59. The molecule has 1 aromatic heterocycles. The summed E-state index contributed by atoms with van der Waals surface area (Å²) in [5.74, 6) is -2.24. The molecule has 5 heteroatoms. The Morgan fingerprint density at radius 2 is 2.00 bits per heavy atom. The lowest BCUT2D eigenvalue weighted by Crippen LogP contribution is -2.12.